The summed E-state index contributed by atoms with van der Waals surface area (Å²) in [6, 6.07) is 4.79. The number of sulfone groups is 1. The topological polar surface area (TPSA) is 52.6 Å². The summed E-state index contributed by atoms with van der Waals surface area (Å²) in [6.07, 6.45) is 1.44. The maximum atomic E-state index is 12.2. The van der Waals surface area contributed by atoms with Gasteiger partial charge in [-0.2, -0.15) is 0 Å². The number of methoxy groups -OCH3 is 2. The molecule has 0 aliphatic heterocycles. The minimum Gasteiger partial charge on any atom is -0.497 e. The highest BCUT2D eigenvalue weighted by atomic mass is 79.9. The summed E-state index contributed by atoms with van der Waals surface area (Å²) in [4.78, 5) is 0.193. The molecule has 0 heterocycles. The summed E-state index contributed by atoms with van der Waals surface area (Å²) in [6.45, 7) is 0. The summed E-state index contributed by atoms with van der Waals surface area (Å²) in [7, 11) is -0.373. The van der Waals surface area contributed by atoms with Crippen molar-refractivity contribution in [2.45, 2.75) is 17.7 Å². The van der Waals surface area contributed by atoms with Crippen molar-refractivity contribution in [3.63, 3.8) is 0 Å². The molecule has 0 aromatic heterocycles. The molecule has 0 unspecified atom stereocenters. The Labute approximate surface area is 116 Å². The van der Waals surface area contributed by atoms with Crippen LogP contribution in [0.15, 0.2) is 23.1 Å². The van der Waals surface area contributed by atoms with Gasteiger partial charge in [0.05, 0.1) is 20.0 Å². The lowest BCUT2D eigenvalue weighted by atomic mass is 10.3. The Morgan fingerprint density at radius 3 is 2.44 bits per heavy atom. The number of ether oxygens (including phenoxy) is 2. The Hall–Kier alpha value is -0.750. The van der Waals surface area contributed by atoms with Gasteiger partial charge < -0.3 is 9.47 Å². The van der Waals surface area contributed by atoms with E-state index in [1.165, 1.54) is 20.3 Å². The zero-order valence-electron chi connectivity index (χ0n) is 10.5. The first kappa shape index (κ1) is 15.3. The molecule has 1 aromatic rings. The number of rotatable bonds is 7. The van der Waals surface area contributed by atoms with E-state index in [1.54, 1.807) is 12.1 Å². The predicted octanol–water partition coefficient (Wildman–Crippen LogP) is 2.65. The molecule has 0 saturated heterocycles. The average molecular weight is 337 g/mol. The number of hydrogen-bond acceptors (Lipinski definition) is 4. The van der Waals surface area contributed by atoms with Crippen LogP contribution in [0, 0.1) is 0 Å². The number of alkyl halides is 1. The van der Waals surface area contributed by atoms with Crippen molar-refractivity contribution >= 4 is 25.8 Å². The van der Waals surface area contributed by atoms with Gasteiger partial charge in [0.2, 0.25) is 0 Å². The van der Waals surface area contributed by atoms with E-state index in [2.05, 4.69) is 15.9 Å². The van der Waals surface area contributed by atoms with Gasteiger partial charge in [-0.25, -0.2) is 8.42 Å². The number of unbranched alkanes of at least 4 members (excludes halogenated alkanes) is 1. The van der Waals surface area contributed by atoms with E-state index in [-0.39, 0.29) is 10.6 Å². The third-order valence-electron chi connectivity index (χ3n) is 2.50. The second-order valence-electron chi connectivity index (χ2n) is 3.73. The largest absolute Gasteiger partial charge is 0.497 e. The van der Waals surface area contributed by atoms with E-state index >= 15 is 0 Å². The van der Waals surface area contributed by atoms with E-state index in [0.717, 1.165) is 11.8 Å². The molecule has 18 heavy (non-hydrogen) atoms. The highest BCUT2D eigenvalue weighted by Crippen LogP contribution is 2.29. The van der Waals surface area contributed by atoms with Gasteiger partial charge in [0.15, 0.2) is 9.84 Å². The maximum absolute atomic E-state index is 12.2. The van der Waals surface area contributed by atoms with Crippen molar-refractivity contribution < 1.29 is 17.9 Å². The summed E-state index contributed by atoms with van der Waals surface area (Å²) >= 11 is 3.28. The zero-order chi connectivity index (χ0) is 13.6. The molecule has 102 valence electrons. The van der Waals surface area contributed by atoms with Crippen molar-refractivity contribution in [3.05, 3.63) is 18.2 Å². The fourth-order valence-electron chi connectivity index (χ4n) is 1.52. The molecule has 0 aliphatic carbocycles. The second kappa shape index (κ2) is 6.99. The fourth-order valence-corrected chi connectivity index (χ4v) is 3.48. The zero-order valence-corrected chi connectivity index (χ0v) is 12.9. The highest BCUT2D eigenvalue weighted by Gasteiger charge is 2.20. The van der Waals surface area contributed by atoms with E-state index < -0.39 is 9.84 Å². The lowest BCUT2D eigenvalue weighted by Gasteiger charge is -2.11. The molecule has 1 aromatic carbocycles. The van der Waals surface area contributed by atoms with E-state index in [9.17, 15) is 8.42 Å². The Kier molecular flexibility index (Phi) is 5.95. The van der Waals surface area contributed by atoms with Crippen molar-refractivity contribution in [2.75, 3.05) is 25.3 Å². The number of hydrogen-bond donors (Lipinski definition) is 0. The van der Waals surface area contributed by atoms with Crippen LogP contribution >= 0.6 is 15.9 Å². The molecule has 6 heteroatoms. The molecule has 1 rings (SSSR count). The smallest absolute Gasteiger partial charge is 0.182 e. The molecule has 4 nitrogen and oxygen atoms in total. The Balaban J connectivity index is 3.05. The number of halogens is 1. The normalized spacial score (nSPS) is 11.3. The van der Waals surface area contributed by atoms with Crippen LogP contribution in [-0.4, -0.2) is 33.7 Å². The summed E-state index contributed by atoms with van der Waals surface area (Å²) in [5.74, 6) is 0.979. The van der Waals surface area contributed by atoms with Crippen LogP contribution in [0.25, 0.3) is 0 Å². The third-order valence-corrected chi connectivity index (χ3v) is 4.88. The second-order valence-corrected chi connectivity index (χ2v) is 6.60. The Morgan fingerprint density at radius 2 is 1.89 bits per heavy atom. The van der Waals surface area contributed by atoms with E-state index in [1.807, 2.05) is 0 Å². The fraction of sp³-hybridized carbons (Fsp3) is 0.500. The SMILES string of the molecule is COc1ccc(OC)c(S(=O)(=O)CCCCBr)c1. The van der Waals surface area contributed by atoms with Crippen LogP contribution in [0.1, 0.15) is 12.8 Å². The summed E-state index contributed by atoms with van der Waals surface area (Å²) in [5, 5.41) is 0.803. The van der Waals surface area contributed by atoms with Crippen LogP contribution in [0.2, 0.25) is 0 Å². The summed E-state index contributed by atoms with van der Waals surface area (Å²) < 4.78 is 34.5. The third kappa shape index (κ3) is 3.88. The molecule has 0 radical (unpaired) electrons. The van der Waals surface area contributed by atoms with Gasteiger partial charge in [-0.15, -0.1) is 0 Å². The molecule has 0 amide bonds. The standard InChI is InChI=1S/C12H17BrO4S/c1-16-10-5-6-11(17-2)12(9-10)18(14,15)8-4-3-7-13/h5-6,9H,3-4,7-8H2,1-2H3. The first-order chi connectivity index (χ1) is 8.55. The van der Waals surface area contributed by atoms with Crippen molar-refractivity contribution in [3.8, 4) is 11.5 Å². The van der Waals surface area contributed by atoms with Crippen LogP contribution in [0.4, 0.5) is 0 Å². The average Bonchev–Trinajstić information content (AvgIpc) is 2.38. The molecule has 0 saturated carbocycles. The number of benzene rings is 1. The van der Waals surface area contributed by atoms with Crippen molar-refractivity contribution in [1.82, 2.24) is 0 Å². The van der Waals surface area contributed by atoms with Gasteiger partial charge >= 0.3 is 0 Å². The molecule has 0 bridgehead atoms. The first-order valence-corrected chi connectivity index (χ1v) is 8.33. The quantitative estimate of drug-likeness (QED) is 0.567. The van der Waals surface area contributed by atoms with Crippen molar-refractivity contribution in [1.29, 1.82) is 0 Å². The molecular weight excluding hydrogens is 320 g/mol. The van der Waals surface area contributed by atoms with Crippen molar-refractivity contribution in [2.24, 2.45) is 0 Å². The van der Waals surface area contributed by atoms with E-state index in [0.29, 0.717) is 17.9 Å². The van der Waals surface area contributed by atoms with Gasteiger partial charge in [-0.05, 0) is 25.0 Å². The van der Waals surface area contributed by atoms with Gasteiger partial charge in [0.1, 0.15) is 16.4 Å². The van der Waals surface area contributed by atoms with Gasteiger partial charge in [0, 0.05) is 11.4 Å². The monoisotopic (exact) mass is 336 g/mol. The Bertz CT molecular complexity index is 485. The lowest BCUT2D eigenvalue weighted by molar-refractivity contribution is 0.392. The van der Waals surface area contributed by atoms with Gasteiger partial charge in [-0.3, -0.25) is 0 Å². The maximum Gasteiger partial charge on any atom is 0.182 e. The van der Waals surface area contributed by atoms with Crippen LogP contribution in [0.5, 0.6) is 11.5 Å². The molecule has 0 spiro atoms. The summed E-state index contributed by atoms with van der Waals surface area (Å²) in [5.41, 5.74) is 0. The molecule has 0 fully saturated rings. The Morgan fingerprint density at radius 1 is 1.17 bits per heavy atom. The van der Waals surface area contributed by atoms with Gasteiger partial charge in [-0.1, -0.05) is 15.9 Å². The molecule has 0 aliphatic rings. The van der Waals surface area contributed by atoms with E-state index in [4.69, 9.17) is 9.47 Å². The molecule has 0 atom stereocenters. The minimum absolute atomic E-state index is 0.113. The molecular formula is C12H17BrO4S. The van der Waals surface area contributed by atoms with Crippen LogP contribution in [0.3, 0.4) is 0 Å². The van der Waals surface area contributed by atoms with Crippen LogP contribution in [-0.2, 0) is 9.84 Å². The predicted molar refractivity (Wildman–Crippen MR) is 74.6 cm³/mol. The minimum atomic E-state index is -3.33. The molecule has 0 N–H and O–H groups in total. The highest BCUT2D eigenvalue weighted by molar-refractivity contribution is 9.09. The lowest BCUT2D eigenvalue weighted by Crippen LogP contribution is -2.09. The first-order valence-electron chi connectivity index (χ1n) is 5.56. The van der Waals surface area contributed by atoms with Crippen LogP contribution < -0.4 is 9.47 Å². The van der Waals surface area contributed by atoms with Gasteiger partial charge in [0.25, 0.3) is 0 Å².